The van der Waals surface area contributed by atoms with Gasteiger partial charge >= 0.3 is 0 Å². The number of fused-ring (bicyclic) bond motifs is 4. The summed E-state index contributed by atoms with van der Waals surface area (Å²) in [5, 5.41) is 12.3. The van der Waals surface area contributed by atoms with Crippen molar-refractivity contribution in [3.8, 4) is 22.9 Å². The number of aromatic amines is 1. The van der Waals surface area contributed by atoms with E-state index in [0.717, 1.165) is 40.0 Å². The lowest BCUT2D eigenvalue weighted by Gasteiger charge is -2.09. The van der Waals surface area contributed by atoms with Crippen molar-refractivity contribution in [3.63, 3.8) is 0 Å². The highest BCUT2D eigenvalue weighted by atomic mass is 16.5. The summed E-state index contributed by atoms with van der Waals surface area (Å²) in [6, 6.07) is 9.88. The maximum Gasteiger partial charge on any atom is 0.263 e. The van der Waals surface area contributed by atoms with E-state index in [1.165, 1.54) is 0 Å². The predicted octanol–water partition coefficient (Wildman–Crippen LogP) is 3.94. The second-order valence-corrected chi connectivity index (χ2v) is 6.18. The Morgan fingerprint density at radius 2 is 1.96 bits per heavy atom. The van der Waals surface area contributed by atoms with Gasteiger partial charge in [-0.05, 0) is 29.4 Å². The number of H-pyrrole nitrogens is 1. The molecule has 27 heavy (non-hydrogen) atoms. The van der Waals surface area contributed by atoms with Gasteiger partial charge in [0, 0.05) is 17.4 Å². The van der Waals surface area contributed by atoms with Gasteiger partial charge in [0.05, 0.1) is 36.3 Å². The second-order valence-electron chi connectivity index (χ2n) is 6.18. The largest absolute Gasteiger partial charge is 0.493 e. The van der Waals surface area contributed by atoms with Crippen LogP contribution in [0.15, 0.2) is 47.3 Å². The minimum Gasteiger partial charge on any atom is -0.493 e. The van der Waals surface area contributed by atoms with E-state index >= 15 is 0 Å². The van der Waals surface area contributed by atoms with Crippen molar-refractivity contribution < 1.29 is 14.0 Å². The zero-order valence-corrected chi connectivity index (χ0v) is 14.4. The highest BCUT2D eigenvalue weighted by Crippen LogP contribution is 2.31. The van der Waals surface area contributed by atoms with Crippen molar-refractivity contribution >= 4 is 23.1 Å². The first kappa shape index (κ1) is 15.6. The molecule has 1 aliphatic heterocycles. The number of nitrogens with one attached hydrogen (secondary N) is 1. The van der Waals surface area contributed by atoms with Crippen LogP contribution in [0, 0.1) is 0 Å². The molecule has 4 heterocycles. The van der Waals surface area contributed by atoms with Gasteiger partial charge in [-0.25, -0.2) is 0 Å². The average molecular weight is 360 g/mol. The molecule has 0 unspecified atom stereocenters. The highest BCUT2D eigenvalue weighted by molar-refractivity contribution is 5.91. The molecule has 7 nitrogen and oxygen atoms in total. The molecule has 0 spiro atoms. The number of hydrogen-bond acceptors (Lipinski definition) is 6. The van der Waals surface area contributed by atoms with E-state index in [1.54, 1.807) is 12.5 Å². The molecule has 1 aromatic carbocycles. The Labute approximate surface area is 154 Å². The van der Waals surface area contributed by atoms with Crippen molar-refractivity contribution in [2.24, 2.45) is 0 Å². The second kappa shape index (κ2) is 6.60. The minimum atomic E-state index is 0.428. The number of nitrogens with zero attached hydrogens (tertiary/aromatic N) is 3. The summed E-state index contributed by atoms with van der Waals surface area (Å²) in [6.45, 7) is 1.01. The van der Waals surface area contributed by atoms with Crippen molar-refractivity contribution in [2.75, 3.05) is 13.2 Å². The Morgan fingerprint density at radius 1 is 1.04 bits per heavy atom. The Hall–Kier alpha value is -3.61. The number of rotatable bonds is 0. The van der Waals surface area contributed by atoms with E-state index in [9.17, 15) is 0 Å². The van der Waals surface area contributed by atoms with E-state index in [0.29, 0.717) is 24.7 Å². The van der Waals surface area contributed by atoms with Crippen LogP contribution in [0.1, 0.15) is 17.7 Å². The maximum atomic E-state index is 5.92. The topological polar surface area (TPSA) is 86.1 Å². The van der Waals surface area contributed by atoms with Crippen LogP contribution < -0.4 is 9.47 Å². The van der Waals surface area contributed by atoms with Gasteiger partial charge in [0.25, 0.3) is 5.88 Å². The quantitative estimate of drug-likeness (QED) is 0.511. The van der Waals surface area contributed by atoms with E-state index in [4.69, 9.17) is 14.0 Å². The van der Waals surface area contributed by atoms with Crippen LogP contribution in [0.25, 0.3) is 34.3 Å². The third kappa shape index (κ3) is 2.93. The smallest absolute Gasteiger partial charge is 0.263 e. The van der Waals surface area contributed by atoms with Crippen LogP contribution in [0.5, 0.6) is 11.6 Å². The van der Waals surface area contributed by atoms with Gasteiger partial charge in [-0.1, -0.05) is 18.2 Å². The van der Waals surface area contributed by atoms with E-state index < -0.39 is 0 Å². The van der Waals surface area contributed by atoms with Gasteiger partial charge in [0.15, 0.2) is 0 Å². The first-order chi connectivity index (χ1) is 13.4. The van der Waals surface area contributed by atoms with Crippen molar-refractivity contribution in [3.05, 3.63) is 54.0 Å². The van der Waals surface area contributed by atoms with Crippen molar-refractivity contribution in [2.45, 2.75) is 6.42 Å². The third-order valence-electron chi connectivity index (χ3n) is 4.41. The van der Waals surface area contributed by atoms with Crippen LogP contribution in [0.4, 0.5) is 0 Å². The van der Waals surface area contributed by atoms with Gasteiger partial charge in [0.1, 0.15) is 17.6 Å². The van der Waals surface area contributed by atoms with E-state index in [2.05, 4.69) is 20.3 Å². The maximum absolute atomic E-state index is 5.92. The van der Waals surface area contributed by atoms with Crippen LogP contribution in [-0.2, 0) is 0 Å². The summed E-state index contributed by atoms with van der Waals surface area (Å²) in [7, 11) is 0. The molecule has 7 heteroatoms. The third-order valence-corrected chi connectivity index (χ3v) is 4.41. The molecule has 0 radical (unpaired) electrons. The van der Waals surface area contributed by atoms with Crippen LogP contribution in [-0.4, -0.2) is 33.6 Å². The van der Waals surface area contributed by atoms with Gasteiger partial charge < -0.3 is 14.0 Å². The SMILES string of the molecule is C1=Cc2n[nH]c3cnc(cc23)-c2conc2OCCCOc2ccccc21. The Kier molecular flexibility index (Phi) is 3.82. The number of hydrogen-bond donors (Lipinski definition) is 1. The standard InChI is InChI=1S/C20H16N4O3/c1-2-5-19-13(4-1)6-7-16-14-10-17(21-11-18(14)23-22-16)15-12-27-24-20(15)26-9-3-8-25-19/h1-2,4-7,10-12H,3,8-9H2,(H,22,23). The van der Waals surface area contributed by atoms with Gasteiger partial charge in [-0.15, -0.1) is 0 Å². The molecule has 1 aliphatic rings. The summed E-state index contributed by atoms with van der Waals surface area (Å²) in [5.74, 6) is 1.26. The molecular weight excluding hydrogens is 344 g/mol. The molecule has 0 fully saturated rings. The zero-order chi connectivity index (χ0) is 18.1. The van der Waals surface area contributed by atoms with Crippen LogP contribution >= 0.6 is 0 Å². The van der Waals surface area contributed by atoms with Gasteiger partial charge in [-0.2, -0.15) is 5.10 Å². The fraction of sp³-hybridized carbons (Fsp3) is 0.150. The predicted molar refractivity (Wildman–Crippen MR) is 100 cm³/mol. The molecular formula is C20H16N4O3. The Bertz CT molecular complexity index is 1130. The monoisotopic (exact) mass is 360 g/mol. The summed E-state index contributed by atoms with van der Waals surface area (Å²) in [4.78, 5) is 4.48. The Morgan fingerprint density at radius 3 is 2.96 bits per heavy atom. The first-order valence-corrected chi connectivity index (χ1v) is 8.70. The van der Waals surface area contributed by atoms with Crippen LogP contribution in [0.2, 0.25) is 0 Å². The molecule has 0 saturated carbocycles. The Balaban J connectivity index is 1.65. The molecule has 1 N–H and O–H groups in total. The van der Waals surface area contributed by atoms with Crippen molar-refractivity contribution in [1.82, 2.24) is 20.3 Å². The minimum absolute atomic E-state index is 0.428. The molecule has 3 aromatic heterocycles. The number of aromatic nitrogens is 4. The van der Waals surface area contributed by atoms with Gasteiger partial charge in [0.2, 0.25) is 0 Å². The lowest BCUT2D eigenvalue weighted by Crippen LogP contribution is -2.06. The molecule has 134 valence electrons. The lowest BCUT2D eigenvalue weighted by atomic mass is 10.1. The normalized spacial score (nSPS) is 13.9. The number of ether oxygens (including phenoxy) is 2. The summed E-state index contributed by atoms with van der Waals surface area (Å²) in [6.07, 6.45) is 7.99. The van der Waals surface area contributed by atoms with E-state index in [-0.39, 0.29) is 0 Å². The first-order valence-electron chi connectivity index (χ1n) is 8.70. The molecule has 0 aliphatic carbocycles. The summed E-state index contributed by atoms with van der Waals surface area (Å²) in [5.41, 5.74) is 4.10. The number of benzene rings is 1. The molecule has 4 aromatic rings. The van der Waals surface area contributed by atoms with Crippen LogP contribution in [0.3, 0.4) is 0 Å². The van der Waals surface area contributed by atoms with Crippen molar-refractivity contribution in [1.29, 1.82) is 0 Å². The molecule has 0 amide bonds. The fourth-order valence-electron chi connectivity index (χ4n) is 3.04. The number of para-hydroxylation sites is 1. The van der Waals surface area contributed by atoms with E-state index in [1.807, 2.05) is 42.5 Å². The summed E-state index contributed by atoms with van der Waals surface area (Å²) >= 11 is 0. The fourth-order valence-corrected chi connectivity index (χ4v) is 3.04. The number of pyridine rings is 1. The molecule has 0 saturated heterocycles. The molecule has 5 rings (SSSR count). The molecule has 0 atom stereocenters. The average Bonchev–Trinajstić information content (AvgIpc) is 3.32. The highest BCUT2D eigenvalue weighted by Gasteiger charge is 2.15. The zero-order valence-electron chi connectivity index (χ0n) is 14.4. The summed E-state index contributed by atoms with van der Waals surface area (Å²) < 4.78 is 16.8. The van der Waals surface area contributed by atoms with Gasteiger partial charge in [-0.3, -0.25) is 10.1 Å². The molecule has 2 bridgehead atoms. The lowest BCUT2D eigenvalue weighted by molar-refractivity contribution is 0.233.